The number of nitro groups is 1. The van der Waals surface area contributed by atoms with Crippen molar-refractivity contribution in [2.24, 2.45) is 0 Å². The lowest BCUT2D eigenvalue weighted by Gasteiger charge is -2.14. The third kappa shape index (κ3) is 3.42. The number of carbonyl (C=O) groups excluding carboxylic acids is 1. The van der Waals surface area contributed by atoms with E-state index in [2.05, 4.69) is 16.7 Å². The fourth-order valence-electron chi connectivity index (χ4n) is 2.13. The maximum absolute atomic E-state index is 12.0. The van der Waals surface area contributed by atoms with E-state index in [0.29, 0.717) is 17.7 Å². The van der Waals surface area contributed by atoms with Crippen LogP contribution in [-0.2, 0) is 0 Å². The molecule has 1 amide bonds. The molecule has 0 fully saturated rings. The molecule has 106 valence electrons. The number of amides is 1. The van der Waals surface area contributed by atoms with E-state index in [1.807, 2.05) is 0 Å². The standard InChI is InChI=1S/C14H17N3O3/c1-10-8-12(2-3-13(10)17(19)20)14(18)16-9-11-4-6-15-7-5-11/h2-4,8,15H,5-7,9H2,1H3,(H,16,18). The van der Waals surface area contributed by atoms with Gasteiger partial charge in [0.25, 0.3) is 11.6 Å². The number of rotatable bonds is 4. The summed E-state index contributed by atoms with van der Waals surface area (Å²) >= 11 is 0. The van der Waals surface area contributed by atoms with Crippen LogP contribution in [0.25, 0.3) is 0 Å². The summed E-state index contributed by atoms with van der Waals surface area (Å²) in [4.78, 5) is 22.3. The van der Waals surface area contributed by atoms with Crippen LogP contribution >= 0.6 is 0 Å². The van der Waals surface area contributed by atoms with Crippen LogP contribution < -0.4 is 10.6 Å². The second-order valence-electron chi connectivity index (χ2n) is 4.76. The monoisotopic (exact) mass is 275 g/mol. The zero-order chi connectivity index (χ0) is 14.5. The van der Waals surface area contributed by atoms with Gasteiger partial charge in [-0.05, 0) is 32.0 Å². The van der Waals surface area contributed by atoms with Crippen molar-refractivity contribution >= 4 is 11.6 Å². The number of aryl methyl sites for hydroxylation is 1. The van der Waals surface area contributed by atoms with E-state index in [1.54, 1.807) is 13.0 Å². The van der Waals surface area contributed by atoms with Gasteiger partial charge >= 0.3 is 0 Å². The van der Waals surface area contributed by atoms with Crippen molar-refractivity contribution in [1.29, 1.82) is 0 Å². The molecule has 1 aliphatic rings. The van der Waals surface area contributed by atoms with Crippen LogP contribution in [0.1, 0.15) is 22.3 Å². The van der Waals surface area contributed by atoms with Crippen molar-refractivity contribution < 1.29 is 9.72 Å². The van der Waals surface area contributed by atoms with Gasteiger partial charge in [-0.15, -0.1) is 0 Å². The second-order valence-corrected chi connectivity index (χ2v) is 4.76. The van der Waals surface area contributed by atoms with E-state index in [-0.39, 0.29) is 11.6 Å². The quantitative estimate of drug-likeness (QED) is 0.496. The first-order chi connectivity index (χ1) is 9.58. The highest BCUT2D eigenvalue weighted by Crippen LogP contribution is 2.18. The summed E-state index contributed by atoms with van der Waals surface area (Å²) in [5, 5.41) is 16.8. The summed E-state index contributed by atoms with van der Waals surface area (Å²) in [6.07, 6.45) is 3.00. The summed E-state index contributed by atoms with van der Waals surface area (Å²) in [6.45, 7) is 3.92. The van der Waals surface area contributed by atoms with Crippen LogP contribution in [0.3, 0.4) is 0 Å². The molecule has 6 heteroatoms. The van der Waals surface area contributed by atoms with Crippen molar-refractivity contribution in [2.75, 3.05) is 19.6 Å². The van der Waals surface area contributed by atoms with Crippen molar-refractivity contribution in [1.82, 2.24) is 10.6 Å². The zero-order valence-corrected chi connectivity index (χ0v) is 11.3. The molecule has 6 nitrogen and oxygen atoms in total. The molecule has 0 unspecified atom stereocenters. The molecule has 0 radical (unpaired) electrons. The molecule has 0 saturated carbocycles. The van der Waals surface area contributed by atoms with Crippen molar-refractivity contribution in [2.45, 2.75) is 13.3 Å². The van der Waals surface area contributed by atoms with Gasteiger partial charge in [0.2, 0.25) is 0 Å². The van der Waals surface area contributed by atoms with Gasteiger partial charge in [-0.3, -0.25) is 14.9 Å². The van der Waals surface area contributed by atoms with Gasteiger partial charge < -0.3 is 10.6 Å². The fraction of sp³-hybridized carbons (Fsp3) is 0.357. The molecule has 0 aliphatic carbocycles. The van der Waals surface area contributed by atoms with E-state index in [1.165, 1.54) is 17.7 Å². The Kier molecular flexibility index (Phi) is 4.47. The average Bonchev–Trinajstić information content (AvgIpc) is 2.45. The molecule has 2 rings (SSSR count). The highest BCUT2D eigenvalue weighted by atomic mass is 16.6. The van der Waals surface area contributed by atoms with Gasteiger partial charge in [-0.25, -0.2) is 0 Å². The lowest BCUT2D eigenvalue weighted by atomic mass is 10.1. The first-order valence-corrected chi connectivity index (χ1v) is 6.50. The molecule has 1 aliphatic heterocycles. The predicted octanol–water partition coefficient (Wildman–Crippen LogP) is 1.55. The molecular weight excluding hydrogens is 258 g/mol. The smallest absolute Gasteiger partial charge is 0.272 e. The number of nitrogens with one attached hydrogen (secondary N) is 2. The zero-order valence-electron chi connectivity index (χ0n) is 11.3. The highest BCUT2D eigenvalue weighted by Gasteiger charge is 2.14. The Bertz CT molecular complexity index is 567. The van der Waals surface area contributed by atoms with Gasteiger partial charge in [-0.2, -0.15) is 0 Å². The lowest BCUT2D eigenvalue weighted by molar-refractivity contribution is -0.385. The predicted molar refractivity (Wildman–Crippen MR) is 75.7 cm³/mol. The first kappa shape index (κ1) is 14.2. The molecule has 1 aromatic carbocycles. The number of hydrogen-bond acceptors (Lipinski definition) is 4. The molecule has 0 spiro atoms. The van der Waals surface area contributed by atoms with Gasteiger partial charge in [0.15, 0.2) is 0 Å². The molecule has 0 atom stereocenters. The van der Waals surface area contributed by atoms with E-state index in [0.717, 1.165) is 19.5 Å². The minimum atomic E-state index is -0.448. The summed E-state index contributed by atoms with van der Waals surface area (Å²) in [6, 6.07) is 4.40. The van der Waals surface area contributed by atoms with Crippen molar-refractivity contribution in [3.63, 3.8) is 0 Å². The minimum Gasteiger partial charge on any atom is -0.348 e. The van der Waals surface area contributed by atoms with Crippen molar-refractivity contribution in [3.05, 3.63) is 51.1 Å². The Balaban J connectivity index is 2.00. The lowest BCUT2D eigenvalue weighted by Crippen LogP contribution is -2.29. The van der Waals surface area contributed by atoms with Crippen LogP contribution in [0.4, 0.5) is 5.69 Å². The number of nitrogens with zero attached hydrogens (tertiary/aromatic N) is 1. The Labute approximate surface area is 117 Å². The molecular formula is C14H17N3O3. The van der Waals surface area contributed by atoms with Gasteiger partial charge in [-0.1, -0.05) is 11.6 Å². The fourth-order valence-corrected chi connectivity index (χ4v) is 2.13. The molecule has 1 heterocycles. The minimum absolute atomic E-state index is 0.0302. The van der Waals surface area contributed by atoms with Gasteiger partial charge in [0.1, 0.15) is 0 Å². The van der Waals surface area contributed by atoms with E-state index in [4.69, 9.17) is 0 Å². The second kappa shape index (κ2) is 6.29. The topological polar surface area (TPSA) is 84.3 Å². The Morgan fingerprint density at radius 2 is 2.30 bits per heavy atom. The summed E-state index contributed by atoms with van der Waals surface area (Å²) in [7, 11) is 0. The average molecular weight is 275 g/mol. The van der Waals surface area contributed by atoms with Crippen LogP contribution in [0.2, 0.25) is 0 Å². The third-order valence-electron chi connectivity index (χ3n) is 3.29. The normalized spacial score (nSPS) is 14.6. The van der Waals surface area contributed by atoms with E-state index < -0.39 is 4.92 Å². The summed E-state index contributed by atoms with van der Waals surface area (Å²) in [5.41, 5.74) is 2.17. The van der Waals surface area contributed by atoms with E-state index >= 15 is 0 Å². The Hall–Kier alpha value is -2.21. The largest absolute Gasteiger partial charge is 0.348 e. The van der Waals surface area contributed by atoms with Gasteiger partial charge in [0, 0.05) is 30.3 Å². The molecule has 2 N–H and O–H groups in total. The van der Waals surface area contributed by atoms with Crippen LogP contribution in [0.5, 0.6) is 0 Å². The maximum Gasteiger partial charge on any atom is 0.272 e. The van der Waals surface area contributed by atoms with Crippen LogP contribution in [0.15, 0.2) is 29.8 Å². The number of carbonyl (C=O) groups is 1. The number of nitro benzene ring substituents is 1. The maximum atomic E-state index is 12.0. The van der Waals surface area contributed by atoms with Crippen molar-refractivity contribution in [3.8, 4) is 0 Å². The molecule has 20 heavy (non-hydrogen) atoms. The summed E-state index contributed by atoms with van der Waals surface area (Å²) in [5.74, 6) is -0.206. The highest BCUT2D eigenvalue weighted by molar-refractivity contribution is 5.94. The number of hydrogen-bond donors (Lipinski definition) is 2. The third-order valence-corrected chi connectivity index (χ3v) is 3.29. The molecule has 1 aromatic rings. The SMILES string of the molecule is Cc1cc(C(=O)NCC2=CCNCC2)ccc1[N+](=O)[O-]. The van der Waals surface area contributed by atoms with Crippen LogP contribution in [0, 0.1) is 17.0 Å². The Morgan fingerprint density at radius 1 is 1.50 bits per heavy atom. The first-order valence-electron chi connectivity index (χ1n) is 6.50. The van der Waals surface area contributed by atoms with Gasteiger partial charge in [0.05, 0.1) is 4.92 Å². The van der Waals surface area contributed by atoms with Crippen LogP contribution in [-0.4, -0.2) is 30.5 Å². The molecule has 0 bridgehead atoms. The number of benzene rings is 1. The summed E-state index contributed by atoms with van der Waals surface area (Å²) < 4.78 is 0. The van der Waals surface area contributed by atoms with E-state index in [9.17, 15) is 14.9 Å². The Morgan fingerprint density at radius 3 is 2.90 bits per heavy atom. The molecule has 0 aromatic heterocycles. The molecule has 0 saturated heterocycles.